The Bertz CT molecular complexity index is 946. The van der Waals surface area contributed by atoms with E-state index in [2.05, 4.69) is 10.3 Å². The Morgan fingerprint density at radius 2 is 1.68 bits per heavy atom. The third-order valence-corrected chi connectivity index (χ3v) is 4.17. The second-order valence-electron chi connectivity index (χ2n) is 5.83. The topological polar surface area (TPSA) is 46.9 Å². The first-order valence-corrected chi connectivity index (χ1v) is 7.60. The lowest BCUT2D eigenvalue weighted by Gasteiger charge is -2.23. The standard InChI is InChI=1S/C18H12F3N3O/c19-11-3-1-10(2-4-11)15-8-16(25)23-18-17(15)22-9-24(18)14-6-12(20)5-13(21)7-14/h1-7,9,15H,8H2,(H,23,25)/t15-/m1/s1. The van der Waals surface area contributed by atoms with Crippen molar-refractivity contribution in [2.75, 3.05) is 5.32 Å². The Kier molecular flexibility index (Phi) is 3.56. The Hall–Kier alpha value is -3.09. The third kappa shape index (κ3) is 2.77. The Balaban J connectivity index is 1.82. The molecule has 1 aromatic heterocycles. The van der Waals surface area contributed by atoms with Gasteiger partial charge in [0.25, 0.3) is 0 Å². The van der Waals surface area contributed by atoms with E-state index in [9.17, 15) is 18.0 Å². The van der Waals surface area contributed by atoms with Crippen molar-refractivity contribution in [3.8, 4) is 5.69 Å². The van der Waals surface area contributed by atoms with Crippen LogP contribution in [0.15, 0.2) is 48.8 Å². The van der Waals surface area contributed by atoms with Crippen molar-refractivity contribution in [1.82, 2.24) is 9.55 Å². The second-order valence-corrected chi connectivity index (χ2v) is 5.83. The summed E-state index contributed by atoms with van der Waals surface area (Å²) in [6.45, 7) is 0. The van der Waals surface area contributed by atoms with E-state index in [0.29, 0.717) is 11.5 Å². The molecular weight excluding hydrogens is 331 g/mol. The van der Waals surface area contributed by atoms with E-state index in [1.165, 1.54) is 23.0 Å². The smallest absolute Gasteiger partial charge is 0.226 e. The highest BCUT2D eigenvalue weighted by Gasteiger charge is 2.31. The summed E-state index contributed by atoms with van der Waals surface area (Å²) in [5.41, 5.74) is 1.52. The van der Waals surface area contributed by atoms with Crippen molar-refractivity contribution in [3.05, 3.63) is 77.5 Å². The summed E-state index contributed by atoms with van der Waals surface area (Å²) in [7, 11) is 0. The molecule has 4 nitrogen and oxygen atoms in total. The number of anilines is 1. The number of hydrogen-bond donors (Lipinski definition) is 1. The van der Waals surface area contributed by atoms with Crippen LogP contribution in [0.3, 0.4) is 0 Å². The third-order valence-electron chi connectivity index (χ3n) is 4.17. The number of amides is 1. The minimum atomic E-state index is -0.727. The number of aromatic nitrogens is 2. The van der Waals surface area contributed by atoms with Crippen LogP contribution in [0.25, 0.3) is 5.69 Å². The van der Waals surface area contributed by atoms with Gasteiger partial charge in [0.2, 0.25) is 5.91 Å². The van der Waals surface area contributed by atoms with E-state index >= 15 is 0 Å². The van der Waals surface area contributed by atoms with Gasteiger partial charge >= 0.3 is 0 Å². The van der Waals surface area contributed by atoms with Crippen molar-refractivity contribution in [3.63, 3.8) is 0 Å². The van der Waals surface area contributed by atoms with Crippen LogP contribution >= 0.6 is 0 Å². The molecule has 0 radical (unpaired) electrons. The summed E-state index contributed by atoms with van der Waals surface area (Å²) in [6, 6.07) is 8.91. The number of rotatable bonds is 2. The molecule has 0 fully saturated rings. The number of carbonyl (C=O) groups is 1. The SMILES string of the molecule is O=C1C[C@H](c2ccc(F)cc2)c2ncn(-c3cc(F)cc(F)c3)c2N1. The lowest BCUT2D eigenvalue weighted by molar-refractivity contribution is -0.116. The molecule has 25 heavy (non-hydrogen) atoms. The van der Waals surface area contributed by atoms with Crippen LogP contribution in [-0.4, -0.2) is 15.5 Å². The van der Waals surface area contributed by atoms with Gasteiger partial charge in [0.1, 0.15) is 29.6 Å². The summed E-state index contributed by atoms with van der Waals surface area (Å²) in [5, 5.41) is 2.70. The van der Waals surface area contributed by atoms with Gasteiger partial charge in [-0.25, -0.2) is 18.2 Å². The van der Waals surface area contributed by atoms with Crippen molar-refractivity contribution < 1.29 is 18.0 Å². The number of carbonyl (C=O) groups excluding carboxylic acids is 1. The zero-order chi connectivity index (χ0) is 17.6. The quantitative estimate of drug-likeness (QED) is 0.770. The molecule has 126 valence electrons. The molecule has 1 amide bonds. The van der Waals surface area contributed by atoms with Crippen LogP contribution < -0.4 is 5.32 Å². The molecule has 1 aliphatic heterocycles. The fourth-order valence-electron chi connectivity index (χ4n) is 3.05. The number of nitrogens with zero attached hydrogens (tertiary/aromatic N) is 2. The molecule has 0 aliphatic carbocycles. The van der Waals surface area contributed by atoms with Crippen molar-refractivity contribution in [2.24, 2.45) is 0 Å². The van der Waals surface area contributed by atoms with Gasteiger partial charge in [-0.2, -0.15) is 0 Å². The predicted molar refractivity (Wildman–Crippen MR) is 85.0 cm³/mol. The van der Waals surface area contributed by atoms with Gasteiger partial charge in [-0.3, -0.25) is 9.36 Å². The lowest BCUT2D eigenvalue weighted by atomic mass is 9.90. The number of imidazole rings is 1. The predicted octanol–water partition coefficient (Wildman–Crippen LogP) is 3.76. The molecule has 7 heteroatoms. The summed E-state index contributed by atoms with van der Waals surface area (Å²) < 4.78 is 41.6. The molecule has 0 bridgehead atoms. The molecular formula is C18H12F3N3O. The molecule has 4 rings (SSSR count). The fraction of sp³-hybridized carbons (Fsp3) is 0.111. The van der Waals surface area contributed by atoms with E-state index < -0.39 is 11.6 Å². The van der Waals surface area contributed by atoms with Crippen LogP contribution in [0.1, 0.15) is 23.6 Å². The first kappa shape index (κ1) is 15.4. The summed E-state index contributed by atoms with van der Waals surface area (Å²) in [5.74, 6) is -2.07. The van der Waals surface area contributed by atoms with Gasteiger partial charge in [0.05, 0.1) is 11.4 Å². The molecule has 1 N–H and O–H groups in total. The molecule has 0 spiro atoms. The molecule has 2 heterocycles. The fourth-order valence-corrected chi connectivity index (χ4v) is 3.05. The van der Waals surface area contributed by atoms with Gasteiger partial charge in [0.15, 0.2) is 0 Å². The molecule has 0 saturated heterocycles. The van der Waals surface area contributed by atoms with Crippen LogP contribution in [0.5, 0.6) is 0 Å². The second kappa shape index (κ2) is 5.77. The number of halogens is 3. The van der Waals surface area contributed by atoms with Gasteiger partial charge in [-0.15, -0.1) is 0 Å². The Morgan fingerprint density at radius 3 is 2.36 bits per heavy atom. The van der Waals surface area contributed by atoms with E-state index in [-0.39, 0.29) is 29.8 Å². The molecule has 2 aromatic carbocycles. The minimum Gasteiger partial charge on any atom is -0.310 e. The maximum Gasteiger partial charge on any atom is 0.226 e. The largest absolute Gasteiger partial charge is 0.310 e. The number of nitrogens with one attached hydrogen (secondary N) is 1. The van der Waals surface area contributed by atoms with Crippen LogP contribution in [-0.2, 0) is 4.79 Å². The first-order valence-electron chi connectivity index (χ1n) is 7.60. The van der Waals surface area contributed by atoms with Crippen molar-refractivity contribution >= 4 is 11.7 Å². The molecule has 3 aromatic rings. The highest BCUT2D eigenvalue weighted by atomic mass is 19.1. The van der Waals surface area contributed by atoms with Crippen LogP contribution in [0.2, 0.25) is 0 Å². The highest BCUT2D eigenvalue weighted by molar-refractivity contribution is 5.94. The summed E-state index contributed by atoms with van der Waals surface area (Å²) >= 11 is 0. The summed E-state index contributed by atoms with van der Waals surface area (Å²) in [6.07, 6.45) is 1.56. The van der Waals surface area contributed by atoms with E-state index in [4.69, 9.17) is 0 Å². The molecule has 0 saturated carbocycles. The van der Waals surface area contributed by atoms with Crippen molar-refractivity contribution in [2.45, 2.75) is 12.3 Å². The van der Waals surface area contributed by atoms with Gasteiger partial charge in [0, 0.05) is 18.4 Å². The van der Waals surface area contributed by atoms with E-state index in [1.807, 2.05) is 0 Å². The number of fused-ring (bicyclic) bond motifs is 1. The Morgan fingerprint density at radius 1 is 1.00 bits per heavy atom. The van der Waals surface area contributed by atoms with E-state index in [0.717, 1.165) is 23.8 Å². The number of hydrogen-bond acceptors (Lipinski definition) is 2. The summed E-state index contributed by atoms with van der Waals surface area (Å²) in [4.78, 5) is 16.4. The zero-order valence-corrected chi connectivity index (χ0v) is 12.8. The van der Waals surface area contributed by atoms with Gasteiger partial charge < -0.3 is 5.32 Å². The zero-order valence-electron chi connectivity index (χ0n) is 12.8. The molecule has 1 aliphatic rings. The van der Waals surface area contributed by atoms with Gasteiger partial charge in [-0.05, 0) is 29.8 Å². The van der Waals surface area contributed by atoms with Crippen molar-refractivity contribution in [1.29, 1.82) is 0 Å². The normalized spacial score (nSPS) is 16.4. The average molecular weight is 343 g/mol. The molecule has 0 unspecified atom stereocenters. The highest BCUT2D eigenvalue weighted by Crippen LogP contribution is 2.37. The average Bonchev–Trinajstić information content (AvgIpc) is 2.97. The minimum absolute atomic E-state index is 0.160. The van der Waals surface area contributed by atoms with Crippen LogP contribution in [0.4, 0.5) is 19.0 Å². The maximum absolute atomic E-state index is 13.5. The van der Waals surface area contributed by atoms with E-state index in [1.54, 1.807) is 12.1 Å². The number of benzene rings is 2. The van der Waals surface area contributed by atoms with Gasteiger partial charge in [-0.1, -0.05) is 12.1 Å². The first-order chi connectivity index (χ1) is 12.0. The maximum atomic E-state index is 13.5. The van der Waals surface area contributed by atoms with Crippen LogP contribution in [0, 0.1) is 17.5 Å². The lowest BCUT2D eigenvalue weighted by Crippen LogP contribution is -2.25. The Labute approximate surface area is 140 Å². The monoisotopic (exact) mass is 343 g/mol. The molecule has 1 atom stereocenters.